The third-order valence-corrected chi connectivity index (χ3v) is 3.89. The Morgan fingerprint density at radius 2 is 2.15 bits per heavy atom. The number of nitrogens with zero attached hydrogens (tertiary/aromatic N) is 3. The summed E-state index contributed by atoms with van der Waals surface area (Å²) in [5, 5.41) is 0. The zero-order valence-corrected chi connectivity index (χ0v) is 12.5. The maximum atomic E-state index is 11.7. The van der Waals surface area contributed by atoms with Gasteiger partial charge < -0.3 is 14.2 Å². The maximum Gasteiger partial charge on any atom is 0.409 e. The molecule has 112 valence electrons. The average Bonchev–Trinajstić information content (AvgIpc) is 2.94. The molecule has 0 aliphatic carbocycles. The summed E-state index contributed by atoms with van der Waals surface area (Å²) in [4.78, 5) is 18.0. The van der Waals surface area contributed by atoms with Crippen LogP contribution in [-0.2, 0) is 11.3 Å². The molecular weight excluding hydrogens is 254 g/mol. The highest BCUT2D eigenvalue weighted by Gasteiger charge is 2.26. The molecule has 1 saturated heterocycles. The Balaban J connectivity index is 1.90. The summed E-state index contributed by atoms with van der Waals surface area (Å²) in [7, 11) is 0. The van der Waals surface area contributed by atoms with Crippen LogP contribution in [0.1, 0.15) is 51.3 Å². The lowest BCUT2D eigenvalue weighted by Crippen LogP contribution is -2.38. The lowest BCUT2D eigenvalue weighted by atomic mass is 9.96. The zero-order chi connectivity index (χ0) is 14.4. The molecule has 5 nitrogen and oxygen atoms in total. The SMILES string of the molecule is CCCCn1ccnc1C1CCN(C(=O)OCC)CC1. The van der Waals surface area contributed by atoms with Crippen LogP contribution in [0.4, 0.5) is 4.79 Å². The van der Waals surface area contributed by atoms with Crippen LogP contribution in [-0.4, -0.2) is 40.2 Å². The first-order valence-electron chi connectivity index (χ1n) is 7.69. The molecule has 1 aromatic rings. The first-order chi connectivity index (χ1) is 9.76. The van der Waals surface area contributed by atoms with Gasteiger partial charge in [0, 0.05) is 37.9 Å². The van der Waals surface area contributed by atoms with E-state index in [4.69, 9.17) is 4.74 Å². The van der Waals surface area contributed by atoms with Crippen molar-refractivity contribution in [1.29, 1.82) is 0 Å². The summed E-state index contributed by atoms with van der Waals surface area (Å²) in [5.74, 6) is 1.65. The zero-order valence-electron chi connectivity index (χ0n) is 12.5. The number of unbranched alkanes of at least 4 members (excludes halogenated alkanes) is 1. The van der Waals surface area contributed by atoms with Crippen LogP contribution in [0.25, 0.3) is 0 Å². The summed E-state index contributed by atoms with van der Waals surface area (Å²) in [6.07, 6.45) is 8.11. The minimum atomic E-state index is -0.180. The number of aryl methyl sites for hydroxylation is 1. The maximum absolute atomic E-state index is 11.7. The fraction of sp³-hybridized carbons (Fsp3) is 0.733. The predicted octanol–water partition coefficient (Wildman–Crippen LogP) is 3.02. The standard InChI is InChI=1S/C15H25N3O2/c1-3-5-9-17-12-8-16-14(17)13-6-10-18(11-7-13)15(19)20-4-2/h8,12-13H,3-7,9-11H2,1-2H3. The quantitative estimate of drug-likeness (QED) is 0.832. The molecule has 1 fully saturated rings. The topological polar surface area (TPSA) is 47.4 Å². The molecule has 0 aromatic carbocycles. The summed E-state index contributed by atoms with van der Waals surface area (Å²) in [5.41, 5.74) is 0. The van der Waals surface area contributed by atoms with Crippen molar-refractivity contribution in [3.8, 4) is 0 Å². The minimum Gasteiger partial charge on any atom is -0.450 e. The number of hydrogen-bond acceptors (Lipinski definition) is 3. The van der Waals surface area contributed by atoms with Crippen LogP contribution in [0, 0.1) is 0 Å². The van der Waals surface area contributed by atoms with E-state index in [0.717, 1.165) is 32.5 Å². The Morgan fingerprint density at radius 3 is 2.80 bits per heavy atom. The molecule has 0 N–H and O–H groups in total. The second-order valence-electron chi connectivity index (χ2n) is 5.29. The van der Waals surface area contributed by atoms with Crippen molar-refractivity contribution in [2.24, 2.45) is 0 Å². The number of carbonyl (C=O) groups is 1. The monoisotopic (exact) mass is 279 g/mol. The number of hydrogen-bond donors (Lipinski definition) is 0. The van der Waals surface area contributed by atoms with Crippen molar-refractivity contribution < 1.29 is 9.53 Å². The number of carbonyl (C=O) groups excluding carboxylic acids is 1. The molecule has 0 radical (unpaired) electrons. The molecule has 0 unspecified atom stereocenters. The van der Waals surface area contributed by atoms with E-state index in [1.54, 1.807) is 4.90 Å². The van der Waals surface area contributed by atoms with Crippen LogP contribution in [0.5, 0.6) is 0 Å². The first kappa shape index (κ1) is 14.9. The van der Waals surface area contributed by atoms with Crippen molar-refractivity contribution in [2.45, 2.75) is 52.0 Å². The smallest absolute Gasteiger partial charge is 0.409 e. The number of rotatable bonds is 5. The molecular formula is C15H25N3O2. The Kier molecular flexibility index (Phi) is 5.44. The lowest BCUT2D eigenvalue weighted by molar-refractivity contribution is 0.0964. The third-order valence-electron chi connectivity index (χ3n) is 3.89. The van der Waals surface area contributed by atoms with Gasteiger partial charge in [0.1, 0.15) is 5.82 Å². The van der Waals surface area contributed by atoms with Crippen LogP contribution < -0.4 is 0 Å². The molecule has 2 rings (SSSR count). The van der Waals surface area contributed by atoms with E-state index in [9.17, 15) is 4.79 Å². The molecule has 1 amide bonds. The molecule has 1 aromatic heterocycles. The molecule has 1 aliphatic rings. The van der Waals surface area contributed by atoms with Gasteiger partial charge in [0.05, 0.1) is 6.61 Å². The second-order valence-corrected chi connectivity index (χ2v) is 5.29. The van der Waals surface area contributed by atoms with Crippen LogP contribution in [0.2, 0.25) is 0 Å². The Labute approximate surface area is 120 Å². The molecule has 5 heteroatoms. The van der Waals surface area contributed by atoms with Gasteiger partial charge in [-0.25, -0.2) is 9.78 Å². The second kappa shape index (κ2) is 7.31. The molecule has 0 saturated carbocycles. The van der Waals surface area contributed by atoms with Gasteiger partial charge in [-0.05, 0) is 26.2 Å². The van der Waals surface area contributed by atoms with Gasteiger partial charge in [-0.15, -0.1) is 0 Å². The van der Waals surface area contributed by atoms with Crippen LogP contribution in [0.15, 0.2) is 12.4 Å². The summed E-state index contributed by atoms with van der Waals surface area (Å²) in [6, 6.07) is 0. The van der Waals surface area contributed by atoms with Crippen LogP contribution in [0.3, 0.4) is 0 Å². The molecule has 1 aliphatic heterocycles. The number of aromatic nitrogens is 2. The summed E-state index contributed by atoms with van der Waals surface area (Å²) in [6.45, 7) is 7.07. The summed E-state index contributed by atoms with van der Waals surface area (Å²) < 4.78 is 7.32. The predicted molar refractivity (Wildman–Crippen MR) is 77.7 cm³/mol. The number of likely N-dealkylation sites (tertiary alicyclic amines) is 1. The highest BCUT2D eigenvalue weighted by molar-refractivity contribution is 5.67. The number of piperidine rings is 1. The van der Waals surface area contributed by atoms with Crippen molar-refractivity contribution in [1.82, 2.24) is 14.5 Å². The highest BCUT2D eigenvalue weighted by atomic mass is 16.6. The van der Waals surface area contributed by atoms with E-state index in [-0.39, 0.29) is 6.09 Å². The van der Waals surface area contributed by atoms with E-state index in [2.05, 4.69) is 22.7 Å². The molecule has 20 heavy (non-hydrogen) atoms. The van der Waals surface area contributed by atoms with Gasteiger partial charge in [-0.3, -0.25) is 0 Å². The Bertz CT molecular complexity index is 423. The van der Waals surface area contributed by atoms with Gasteiger partial charge in [0.25, 0.3) is 0 Å². The van der Waals surface area contributed by atoms with Crippen molar-refractivity contribution in [3.05, 3.63) is 18.2 Å². The number of amides is 1. The van der Waals surface area contributed by atoms with Gasteiger partial charge in [-0.1, -0.05) is 13.3 Å². The van der Waals surface area contributed by atoms with Gasteiger partial charge in [0.15, 0.2) is 0 Å². The highest BCUT2D eigenvalue weighted by Crippen LogP contribution is 2.27. The molecule has 0 spiro atoms. The largest absolute Gasteiger partial charge is 0.450 e. The van der Waals surface area contributed by atoms with Gasteiger partial charge >= 0.3 is 6.09 Å². The van der Waals surface area contributed by atoms with E-state index in [1.165, 1.54) is 18.7 Å². The van der Waals surface area contributed by atoms with Crippen molar-refractivity contribution >= 4 is 6.09 Å². The van der Waals surface area contributed by atoms with Crippen molar-refractivity contribution in [3.63, 3.8) is 0 Å². The molecule has 0 atom stereocenters. The lowest BCUT2D eigenvalue weighted by Gasteiger charge is -2.31. The summed E-state index contributed by atoms with van der Waals surface area (Å²) >= 11 is 0. The van der Waals surface area contributed by atoms with E-state index >= 15 is 0 Å². The minimum absolute atomic E-state index is 0.180. The third kappa shape index (κ3) is 3.52. The van der Waals surface area contributed by atoms with E-state index in [1.807, 2.05) is 13.1 Å². The number of imidazole rings is 1. The normalized spacial score (nSPS) is 16.4. The van der Waals surface area contributed by atoms with Gasteiger partial charge in [-0.2, -0.15) is 0 Å². The van der Waals surface area contributed by atoms with Crippen molar-refractivity contribution in [2.75, 3.05) is 19.7 Å². The van der Waals surface area contributed by atoms with Gasteiger partial charge in [0.2, 0.25) is 0 Å². The molecule has 2 heterocycles. The fourth-order valence-electron chi connectivity index (χ4n) is 2.73. The first-order valence-corrected chi connectivity index (χ1v) is 7.69. The average molecular weight is 279 g/mol. The fourth-order valence-corrected chi connectivity index (χ4v) is 2.73. The number of ether oxygens (including phenoxy) is 1. The van der Waals surface area contributed by atoms with E-state index < -0.39 is 0 Å². The Hall–Kier alpha value is -1.52. The van der Waals surface area contributed by atoms with Crippen LogP contribution >= 0.6 is 0 Å². The Morgan fingerprint density at radius 1 is 1.40 bits per heavy atom. The molecule has 0 bridgehead atoms. The van der Waals surface area contributed by atoms with E-state index in [0.29, 0.717) is 12.5 Å².